The van der Waals surface area contributed by atoms with Crippen LogP contribution >= 0.6 is 0 Å². The Kier molecular flexibility index (Phi) is 4.39. The van der Waals surface area contributed by atoms with Crippen molar-refractivity contribution in [3.05, 3.63) is 18.0 Å². The van der Waals surface area contributed by atoms with Gasteiger partial charge in [0.2, 0.25) is 0 Å². The SMILES string of the molecule is CCCN(C(=O)c1cnn(C)c1)C1COCC1C(=O)O. The number of aliphatic carboxylic acids is 1. The van der Waals surface area contributed by atoms with E-state index in [1.807, 2.05) is 6.92 Å². The zero-order chi connectivity index (χ0) is 14.7. The highest BCUT2D eigenvalue weighted by atomic mass is 16.5. The predicted molar refractivity (Wildman–Crippen MR) is 70.3 cm³/mol. The third kappa shape index (κ3) is 2.82. The molecule has 1 fully saturated rings. The van der Waals surface area contributed by atoms with Crippen molar-refractivity contribution in [2.75, 3.05) is 19.8 Å². The molecule has 2 atom stereocenters. The van der Waals surface area contributed by atoms with E-state index in [-0.39, 0.29) is 19.1 Å². The first kappa shape index (κ1) is 14.5. The van der Waals surface area contributed by atoms with E-state index in [2.05, 4.69) is 5.10 Å². The van der Waals surface area contributed by atoms with Crippen LogP contribution in [0, 0.1) is 5.92 Å². The summed E-state index contributed by atoms with van der Waals surface area (Å²) in [6.45, 7) is 2.88. The zero-order valence-electron chi connectivity index (χ0n) is 11.7. The average Bonchev–Trinajstić information content (AvgIpc) is 3.03. The molecular formula is C13H19N3O4. The van der Waals surface area contributed by atoms with Crippen molar-refractivity contribution in [3.8, 4) is 0 Å². The fourth-order valence-corrected chi connectivity index (χ4v) is 2.44. The average molecular weight is 281 g/mol. The van der Waals surface area contributed by atoms with Crippen molar-refractivity contribution in [3.63, 3.8) is 0 Å². The van der Waals surface area contributed by atoms with Crippen LogP contribution in [-0.2, 0) is 16.6 Å². The minimum Gasteiger partial charge on any atom is -0.481 e. The number of carbonyl (C=O) groups is 2. The number of carboxylic acids is 1. The Balaban J connectivity index is 2.22. The fourth-order valence-electron chi connectivity index (χ4n) is 2.44. The molecule has 2 rings (SSSR count). The van der Waals surface area contributed by atoms with E-state index in [0.717, 1.165) is 6.42 Å². The van der Waals surface area contributed by atoms with Crippen molar-refractivity contribution in [1.82, 2.24) is 14.7 Å². The second-order valence-electron chi connectivity index (χ2n) is 4.95. The number of nitrogens with zero attached hydrogens (tertiary/aromatic N) is 3. The van der Waals surface area contributed by atoms with Crippen LogP contribution in [0.25, 0.3) is 0 Å². The molecule has 1 aliphatic rings. The number of hydrogen-bond donors (Lipinski definition) is 1. The second-order valence-corrected chi connectivity index (χ2v) is 4.95. The first-order chi connectivity index (χ1) is 9.54. The molecule has 0 bridgehead atoms. The van der Waals surface area contributed by atoms with Crippen molar-refractivity contribution in [2.24, 2.45) is 13.0 Å². The van der Waals surface area contributed by atoms with Gasteiger partial charge in [0.15, 0.2) is 0 Å². The maximum atomic E-state index is 12.5. The van der Waals surface area contributed by atoms with Crippen LogP contribution in [0.15, 0.2) is 12.4 Å². The van der Waals surface area contributed by atoms with Gasteiger partial charge in [0.1, 0.15) is 5.92 Å². The molecule has 1 amide bonds. The number of carbonyl (C=O) groups excluding carboxylic acids is 1. The summed E-state index contributed by atoms with van der Waals surface area (Å²) in [4.78, 5) is 25.4. The number of ether oxygens (including phenoxy) is 1. The monoisotopic (exact) mass is 281 g/mol. The van der Waals surface area contributed by atoms with Gasteiger partial charge in [-0.2, -0.15) is 5.10 Å². The molecule has 7 heteroatoms. The van der Waals surface area contributed by atoms with Crippen LogP contribution in [0.4, 0.5) is 0 Å². The van der Waals surface area contributed by atoms with Crippen molar-refractivity contribution in [1.29, 1.82) is 0 Å². The lowest BCUT2D eigenvalue weighted by molar-refractivity contribution is -0.142. The van der Waals surface area contributed by atoms with E-state index in [1.165, 1.54) is 6.20 Å². The standard InChI is InChI=1S/C13H19N3O4/c1-3-4-16(11-8-20-7-10(11)13(18)19)12(17)9-5-14-15(2)6-9/h5-6,10-11H,3-4,7-8H2,1-2H3,(H,18,19). The summed E-state index contributed by atoms with van der Waals surface area (Å²) >= 11 is 0. The fraction of sp³-hybridized carbons (Fsp3) is 0.615. The van der Waals surface area contributed by atoms with E-state index in [1.54, 1.807) is 22.8 Å². The zero-order valence-corrected chi connectivity index (χ0v) is 11.7. The largest absolute Gasteiger partial charge is 0.481 e. The van der Waals surface area contributed by atoms with Gasteiger partial charge < -0.3 is 14.7 Å². The van der Waals surface area contributed by atoms with Crippen LogP contribution in [0.3, 0.4) is 0 Å². The first-order valence-electron chi connectivity index (χ1n) is 6.64. The molecule has 1 aromatic heterocycles. The van der Waals surface area contributed by atoms with Gasteiger partial charge in [0.05, 0.1) is 31.0 Å². The van der Waals surface area contributed by atoms with Gasteiger partial charge in [-0.1, -0.05) is 6.92 Å². The third-order valence-corrected chi connectivity index (χ3v) is 3.45. The molecule has 1 aromatic rings. The molecule has 0 spiro atoms. The van der Waals surface area contributed by atoms with Crippen LogP contribution in [-0.4, -0.2) is 57.5 Å². The Bertz CT molecular complexity index is 500. The van der Waals surface area contributed by atoms with Gasteiger partial charge in [0.25, 0.3) is 5.91 Å². The van der Waals surface area contributed by atoms with Crippen LogP contribution < -0.4 is 0 Å². The maximum absolute atomic E-state index is 12.5. The topological polar surface area (TPSA) is 84.7 Å². The number of aromatic nitrogens is 2. The summed E-state index contributed by atoms with van der Waals surface area (Å²) in [7, 11) is 1.74. The highest BCUT2D eigenvalue weighted by molar-refractivity contribution is 5.94. The third-order valence-electron chi connectivity index (χ3n) is 3.45. The Morgan fingerprint density at radius 2 is 2.30 bits per heavy atom. The summed E-state index contributed by atoms with van der Waals surface area (Å²) in [5, 5.41) is 13.2. The molecule has 1 aliphatic heterocycles. The highest BCUT2D eigenvalue weighted by Crippen LogP contribution is 2.22. The molecule has 0 radical (unpaired) electrons. The quantitative estimate of drug-likeness (QED) is 0.843. The molecular weight excluding hydrogens is 262 g/mol. The molecule has 0 saturated carbocycles. The lowest BCUT2D eigenvalue weighted by atomic mass is 10.0. The van der Waals surface area contributed by atoms with Gasteiger partial charge in [-0.3, -0.25) is 14.3 Å². The molecule has 2 unspecified atom stereocenters. The van der Waals surface area contributed by atoms with Gasteiger partial charge in [0, 0.05) is 19.8 Å². The number of aryl methyl sites for hydroxylation is 1. The predicted octanol–water partition coefficient (Wildman–Crippen LogP) is 0.372. The normalized spacial score (nSPS) is 21.9. The van der Waals surface area contributed by atoms with E-state index in [0.29, 0.717) is 12.1 Å². The number of rotatable bonds is 5. The molecule has 0 aliphatic carbocycles. The molecule has 20 heavy (non-hydrogen) atoms. The molecule has 1 saturated heterocycles. The van der Waals surface area contributed by atoms with E-state index >= 15 is 0 Å². The van der Waals surface area contributed by atoms with Crippen molar-refractivity contribution in [2.45, 2.75) is 19.4 Å². The Morgan fingerprint density at radius 1 is 1.55 bits per heavy atom. The van der Waals surface area contributed by atoms with Crippen molar-refractivity contribution < 1.29 is 19.4 Å². The molecule has 110 valence electrons. The number of amides is 1. The Morgan fingerprint density at radius 3 is 2.85 bits per heavy atom. The first-order valence-corrected chi connectivity index (χ1v) is 6.64. The van der Waals surface area contributed by atoms with E-state index < -0.39 is 17.9 Å². The molecule has 7 nitrogen and oxygen atoms in total. The van der Waals surface area contributed by atoms with Crippen LogP contribution in [0.2, 0.25) is 0 Å². The summed E-state index contributed by atoms with van der Waals surface area (Å²) in [5.74, 6) is -1.78. The van der Waals surface area contributed by atoms with Gasteiger partial charge in [-0.25, -0.2) is 0 Å². The summed E-state index contributed by atoms with van der Waals surface area (Å²) < 4.78 is 6.81. The van der Waals surface area contributed by atoms with Crippen LogP contribution in [0.1, 0.15) is 23.7 Å². The molecule has 2 heterocycles. The lowest BCUT2D eigenvalue weighted by Gasteiger charge is -2.29. The number of carboxylic acid groups (broad SMARTS) is 1. The van der Waals surface area contributed by atoms with Crippen LogP contribution in [0.5, 0.6) is 0 Å². The maximum Gasteiger partial charge on any atom is 0.311 e. The van der Waals surface area contributed by atoms with Gasteiger partial charge in [-0.05, 0) is 6.42 Å². The lowest BCUT2D eigenvalue weighted by Crippen LogP contribution is -2.46. The Labute approximate surface area is 117 Å². The second kappa shape index (κ2) is 6.04. The highest BCUT2D eigenvalue weighted by Gasteiger charge is 2.40. The summed E-state index contributed by atoms with van der Waals surface area (Å²) in [5.41, 5.74) is 0.469. The Hall–Kier alpha value is -1.89. The van der Waals surface area contributed by atoms with Gasteiger partial charge >= 0.3 is 5.97 Å². The minimum absolute atomic E-state index is 0.153. The molecule has 0 aromatic carbocycles. The minimum atomic E-state index is -0.924. The van der Waals surface area contributed by atoms with Gasteiger partial charge in [-0.15, -0.1) is 0 Å². The smallest absolute Gasteiger partial charge is 0.311 e. The van der Waals surface area contributed by atoms with Crippen molar-refractivity contribution >= 4 is 11.9 Å². The summed E-state index contributed by atoms with van der Waals surface area (Å²) in [6.07, 6.45) is 3.89. The number of hydrogen-bond acceptors (Lipinski definition) is 4. The summed E-state index contributed by atoms with van der Waals surface area (Å²) in [6, 6.07) is -0.417. The van der Waals surface area contributed by atoms with E-state index in [9.17, 15) is 14.7 Å². The molecule has 1 N–H and O–H groups in total. The van der Waals surface area contributed by atoms with E-state index in [4.69, 9.17) is 4.74 Å².